The number of fused-ring (bicyclic) bond motifs is 3. The minimum Gasteiger partial charge on any atom is -0.324 e. The summed E-state index contributed by atoms with van der Waals surface area (Å²) in [6.07, 6.45) is 4.72. The van der Waals surface area contributed by atoms with Crippen LogP contribution in [0.2, 0.25) is 0 Å². The van der Waals surface area contributed by atoms with Gasteiger partial charge in [-0.1, -0.05) is 67.9 Å². The molecule has 0 saturated carbocycles. The fourth-order valence-corrected chi connectivity index (χ4v) is 4.45. The van der Waals surface area contributed by atoms with E-state index in [1.807, 2.05) is 36.5 Å². The monoisotopic (exact) mass is 409 g/mol. The van der Waals surface area contributed by atoms with Crippen molar-refractivity contribution < 1.29 is 4.39 Å². The molecule has 1 aliphatic rings. The summed E-state index contributed by atoms with van der Waals surface area (Å²) in [5.41, 5.74) is 7.11. The van der Waals surface area contributed by atoms with E-state index in [9.17, 15) is 4.39 Å². The van der Waals surface area contributed by atoms with Crippen LogP contribution in [0.4, 0.5) is 16.0 Å². The Balaban J connectivity index is 1.52. The van der Waals surface area contributed by atoms with Gasteiger partial charge in [0.1, 0.15) is 5.82 Å². The highest BCUT2D eigenvalue weighted by Gasteiger charge is 2.28. The first-order valence-corrected chi connectivity index (χ1v) is 10.8. The van der Waals surface area contributed by atoms with Crippen LogP contribution < -0.4 is 5.32 Å². The van der Waals surface area contributed by atoms with Gasteiger partial charge in [-0.25, -0.2) is 14.4 Å². The fourth-order valence-electron chi connectivity index (χ4n) is 4.45. The molecule has 154 valence electrons. The molecular weight excluding hydrogens is 385 g/mol. The Hall–Kier alpha value is -3.53. The van der Waals surface area contributed by atoms with Crippen LogP contribution in [0.25, 0.3) is 11.3 Å². The van der Waals surface area contributed by atoms with E-state index in [4.69, 9.17) is 4.98 Å². The lowest BCUT2D eigenvalue weighted by Crippen LogP contribution is -2.16. The molecule has 0 saturated heterocycles. The molecule has 0 spiro atoms. The number of hydrogen-bond acceptors (Lipinski definition) is 3. The standard InChI is InChI=1S/C27H24FN3/c1-2-8-18-9-7-10-20(15-18)30-27-29-17-19-16-24(22-12-5-6-14-25(22)28)21-11-3-4-13-23(21)26(19)31-27/h3-7,9-15,17,24H,2,8,16H2,1H3,(H,29,30,31)/t24-/m1/s1. The number of benzene rings is 3. The largest absolute Gasteiger partial charge is 0.324 e. The number of halogens is 1. The minimum absolute atomic E-state index is 0.0435. The first-order valence-electron chi connectivity index (χ1n) is 10.8. The number of rotatable bonds is 5. The molecule has 5 rings (SSSR count). The first kappa shape index (κ1) is 19.4. The van der Waals surface area contributed by atoms with E-state index in [-0.39, 0.29) is 11.7 Å². The Morgan fingerprint density at radius 3 is 2.61 bits per heavy atom. The van der Waals surface area contributed by atoms with E-state index in [0.717, 1.165) is 46.5 Å². The van der Waals surface area contributed by atoms with Gasteiger partial charge in [-0.15, -0.1) is 0 Å². The lowest BCUT2D eigenvalue weighted by Gasteiger charge is -2.27. The molecule has 1 aromatic heterocycles. The van der Waals surface area contributed by atoms with Crippen molar-refractivity contribution >= 4 is 11.6 Å². The van der Waals surface area contributed by atoms with Crippen molar-refractivity contribution in [1.82, 2.24) is 9.97 Å². The number of nitrogens with zero attached hydrogens (tertiary/aromatic N) is 2. The van der Waals surface area contributed by atoms with Crippen molar-refractivity contribution in [3.05, 3.63) is 107 Å². The summed E-state index contributed by atoms with van der Waals surface area (Å²) >= 11 is 0. The van der Waals surface area contributed by atoms with Crippen LogP contribution in [0.3, 0.4) is 0 Å². The normalized spacial score (nSPS) is 14.6. The molecule has 0 radical (unpaired) electrons. The van der Waals surface area contributed by atoms with Gasteiger partial charge in [0.15, 0.2) is 0 Å². The third-order valence-corrected chi connectivity index (χ3v) is 5.88. The molecule has 4 heteroatoms. The Morgan fingerprint density at radius 1 is 0.968 bits per heavy atom. The highest BCUT2D eigenvalue weighted by molar-refractivity contribution is 5.73. The van der Waals surface area contributed by atoms with Crippen LogP contribution in [0, 0.1) is 5.82 Å². The van der Waals surface area contributed by atoms with Gasteiger partial charge in [-0.05, 0) is 53.3 Å². The Labute approximate surface area is 182 Å². The summed E-state index contributed by atoms with van der Waals surface area (Å²) in [7, 11) is 0. The second-order valence-electron chi connectivity index (χ2n) is 8.01. The maximum absolute atomic E-state index is 14.6. The third kappa shape index (κ3) is 3.81. The average molecular weight is 410 g/mol. The van der Waals surface area contributed by atoms with Crippen LogP contribution in [-0.4, -0.2) is 9.97 Å². The van der Waals surface area contributed by atoms with E-state index in [2.05, 4.69) is 47.6 Å². The average Bonchev–Trinajstić information content (AvgIpc) is 2.80. The van der Waals surface area contributed by atoms with Crippen molar-refractivity contribution in [2.24, 2.45) is 0 Å². The maximum Gasteiger partial charge on any atom is 0.227 e. The molecule has 0 unspecified atom stereocenters. The van der Waals surface area contributed by atoms with Gasteiger partial charge >= 0.3 is 0 Å². The molecule has 0 fully saturated rings. The van der Waals surface area contributed by atoms with Gasteiger partial charge in [0.05, 0.1) is 5.69 Å². The van der Waals surface area contributed by atoms with E-state index in [1.54, 1.807) is 6.07 Å². The number of aryl methyl sites for hydroxylation is 1. The zero-order chi connectivity index (χ0) is 21.2. The van der Waals surface area contributed by atoms with E-state index in [1.165, 1.54) is 11.6 Å². The fraction of sp³-hybridized carbons (Fsp3) is 0.185. The van der Waals surface area contributed by atoms with Crippen molar-refractivity contribution in [3.8, 4) is 11.3 Å². The quantitative estimate of drug-likeness (QED) is 0.400. The number of aromatic nitrogens is 2. The van der Waals surface area contributed by atoms with Crippen molar-refractivity contribution in [2.45, 2.75) is 32.1 Å². The highest BCUT2D eigenvalue weighted by Crippen LogP contribution is 2.42. The second kappa shape index (κ2) is 8.31. The Morgan fingerprint density at radius 2 is 1.77 bits per heavy atom. The Bertz CT molecular complexity index is 1230. The van der Waals surface area contributed by atoms with Crippen LogP contribution in [0.5, 0.6) is 0 Å². The van der Waals surface area contributed by atoms with Crippen LogP contribution >= 0.6 is 0 Å². The molecule has 1 N–H and O–H groups in total. The molecule has 1 heterocycles. The molecule has 1 aliphatic carbocycles. The van der Waals surface area contributed by atoms with Crippen molar-refractivity contribution in [1.29, 1.82) is 0 Å². The van der Waals surface area contributed by atoms with Crippen LogP contribution in [0.1, 0.15) is 41.5 Å². The van der Waals surface area contributed by atoms with Gasteiger partial charge < -0.3 is 5.32 Å². The predicted octanol–water partition coefficient (Wildman–Crippen LogP) is 6.67. The van der Waals surface area contributed by atoms with Gasteiger partial charge in [-0.2, -0.15) is 0 Å². The summed E-state index contributed by atoms with van der Waals surface area (Å²) in [6, 6.07) is 23.6. The zero-order valence-corrected chi connectivity index (χ0v) is 17.5. The zero-order valence-electron chi connectivity index (χ0n) is 17.5. The molecule has 3 nitrogen and oxygen atoms in total. The lowest BCUT2D eigenvalue weighted by molar-refractivity contribution is 0.593. The second-order valence-corrected chi connectivity index (χ2v) is 8.01. The smallest absolute Gasteiger partial charge is 0.227 e. The van der Waals surface area contributed by atoms with E-state index < -0.39 is 0 Å². The first-order chi connectivity index (χ1) is 15.2. The van der Waals surface area contributed by atoms with Gasteiger partial charge in [0.2, 0.25) is 5.95 Å². The highest BCUT2D eigenvalue weighted by atomic mass is 19.1. The maximum atomic E-state index is 14.6. The molecule has 3 aromatic carbocycles. The van der Waals surface area contributed by atoms with E-state index in [0.29, 0.717) is 12.4 Å². The molecule has 0 aliphatic heterocycles. The molecule has 31 heavy (non-hydrogen) atoms. The summed E-state index contributed by atoms with van der Waals surface area (Å²) in [5, 5.41) is 3.35. The predicted molar refractivity (Wildman–Crippen MR) is 123 cm³/mol. The summed E-state index contributed by atoms with van der Waals surface area (Å²) in [6.45, 7) is 2.18. The SMILES string of the molecule is CCCc1cccc(Nc2ncc3c(n2)-c2ccccc2[C@H](c2ccccc2F)C3)c1. The molecular formula is C27H24FN3. The molecule has 0 bridgehead atoms. The summed E-state index contributed by atoms with van der Waals surface area (Å²) in [4.78, 5) is 9.43. The number of nitrogens with one attached hydrogen (secondary N) is 1. The minimum atomic E-state index is -0.170. The lowest BCUT2D eigenvalue weighted by atomic mass is 9.78. The molecule has 1 atom stereocenters. The number of hydrogen-bond donors (Lipinski definition) is 1. The third-order valence-electron chi connectivity index (χ3n) is 5.88. The number of anilines is 2. The van der Waals surface area contributed by atoms with Crippen molar-refractivity contribution in [2.75, 3.05) is 5.32 Å². The molecule has 0 amide bonds. The van der Waals surface area contributed by atoms with Crippen LogP contribution in [0.15, 0.2) is 79.0 Å². The molecule has 4 aromatic rings. The van der Waals surface area contributed by atoms with Crippen molar-refractivity contribution in [3.63, 3.8) is 0 Å². The van der Waals surface area contributed by atoms with E-state index >= 15 is 0 Å². The Kier molecular flexibility index (Phi) is 5.21. The van der Waals surface area contributed by atoms with Crippen LogP contribution in [-0.2, 0) is 12.8 Å². The summed E-state index contributed by atoms with van der Waals surface area (Å²) < 4.78 is 14.6. The van der Waals surface area contributed by atoms with Gasteiger partial charge in [-0.3, -0.25) is 0 Å². The van der Waals surface area contributed by atoms with Gasteiger partial charge in [0.25, 0.3) is 0 Å². The van der Waals surface area contributed by atoms with Gasteiger partial charge in [0, 0.05) is 23.4 Å². The summed E-state index contributed by atoms with van der Waals surface area (Å²) in [5.74, 6) is 0.362. The topological polar surface area (TPSA) is 37.8 Å².